The second-order valence-corrected chi connectivity index (χ2v) is 11.5. The largest absolute Gasteiger partial charge is 0.405 e. The lowest BCUT2D eigenvalue weighted by atomic mass is 9.95. The molecule has 0 radical (unpaired) electrons. The van der Waals surface area contributed by atoms with Crippen molar-refractivity contribution < 1.29 is 9.63 Å². The second-order valence-electron chi connectivity index (χ2n) is 10.8. The van der Waals surface area contributed by atoms with Gasteiger partial charge in [-0.05, 0) is 48.2 Å². The van der Waals surface area contributed by atoms with E-state index in [9.17, 15) is 4.79 Å². The molecule has 0 unspecified atom stereocenters. The smallest absolute Gasteiger partial charge is 0.274 e. The monoisotopic (exact) mass is 573 g/mol. The number of amides is 1. The fraction of sp³-hybridized carbons (Fsp3) is 0.367. The van der Waals surface area contributed by atoms with Gasteiger partial charge in [-0.3, -0.25) is 4.79 Å². The van der Waals surface area contributed by atoms with Gasteiger partial charge in [-0.25, -0.2) is 0 Å². The number of anilines is 2. The van der Waals surface area contributed by atoms with Crippen molar-refractivity contribution in [2.45, 2.75) is 12.3 Å². The van der Waals surface area contributed by atoms with Gasteiger partial charge in [-0.15, -0.1) is 5.06 Å². The summed E-state index contributed by atoms with van der Waals surface area (Å²) in [5, 5.41) is 6.25. The zero-order valence-electron chi connectivity index (χ0n) is 21.8. The Morgan fingerprint density at radius 2 is 1.76 bits per heavy atom. The van der Waals surface area contributed by atoms with E-state index in [0.717, 1.165) is 77.6 Å². The Balaban J connectivity index is 1.30. The van der Waals surface area contributed by atoms with Gasteiger partial charge in [-0.1, -0.05) is 40.2 Å². The number of halogens is 1. The fourth-order valence-electron chi connectivity index (χ4n) is 6.36. The van der Waals surface area contributed by atoms with Gasteiger partial charge in [0.25, 0.3) is 5.91 Å². The lowest BCUT2D eigenvalue weighted by Gasteiger charge is -2.32. The first-order valence-corrected chi connectivity index (χ1v) is 14.5. The number of carbonyl (C=O) groups excluding carboxylic acids is 1. The molecule has 1 aromatic heterocycles. The Morgan fingerprint density at radius 3 is 2.55 bits per heavy atom. The van der Waals surface area contributed by atoms with E-state index in [1.54, 1.807) is 0 Å². The number of benzene rings is 3. The van der Waals surface area contributed by atoms with Gasteiger partial charge in [0.05, 0.1) is 5.69 Å². The highest BCUT2D eigenvalue weighted by Gasteiger charge is 2.36. The third-order valence-electron chi connectivity index (χ3n) is 8.48. The third-order valence-corrected chi connectivity index (χ3v) is 9.26. The molecule has 3 aliphatic rings. The summed E-state index contributed by atoms with van der Waals surface area (Å²) < 4.78 is 0. The van der Waals surface area contributed by atoms with Crippen LogP contribution < -0.4 is 14.6 Å². The van der Waals surface area contributed by atoms with Crippen molar-refractivity contribution in [1.82, 2.24) is 14.9 Å². The zero-order chi connectivity index (χ0) is 26.0. The van der Waals surface area contributed by atoms with Crippen LogP contribution in [0.25, 0.3) is 21.7 Å². The molecule has 38 heavy (non-hydrogen) atoms. The molecule has 7 nitrogen and oxygen atoms in total. The van der Waals surface area contributed by atoms with Crippen LogP contribution in [0.15, 0.2) is 48.5 Å². The molecule has 1 N–H and O–H groups in total. The number of rotatable bonds is 4. The second kappa shape index (κ2) is 9.29. The first-order chi connectivity index (χ1) is 18.5. The Hall–Kier alpha value is -3.07. The normalized spacial score (nSPS) is 19.9. The molecule has 7 rings (SSSR count). The Kier molecular flexibility index (Phi) is 5.87. The third kappa shape index (κ3) is 3.81. The highest BCUT2D eigenvalue weighted by Crippen LogP contribution is 2.46. The zero-order valence-corrected chi connectivity index (χ0v) is 23.4. The lowest BCUT2D eigenvalue weighted by molar-refractivity contribution is -0.0836. The molecule has 0 bridgehead atoms. The lowest BCUT2D eigenvalue weighted by Crippen LogP contribution is -2.45. The summed E-state index contributed by atoms with van der Waals surface area (Å²) in [6, 6.07) is 16.8. The maximum absolute atomic E-state index is 14.1. The molecule has 1 fully saturated rings. The number of carbonyl (C=O) groups is 1. The first-order valence-electron chi connectivity index (χ1n) is 13.4. The van der Waals surface area contributed by atoms with E-state index in [1.165, 1.54) is 16.8 Å². The van der Waals surface area contributed by atoms with Crippen molar-refractivity contribution in [1.29, 1.82) is 0 Å². The minimum absolute atomic E-state index is 0.00632. The molecule has 1 atom stereocenters. The van der Waals surface area contributed by atoms with Crippen molar-refractivity contribution >= 4 is 54.9 Å². The molecular formula is C30H32BrN5O2. The van der Waals surface area contributed by atoms with Crippen LogP contribution in [-0.4, -0.2) is 79.5 Å². The summed E-state index contributed by atoms with van der Waals surface area (Å²) in [6.45, 7) is 5.29. The molecule has 196 valence electrons. The highest BCUT2D eigenvalue weighted by molar-refractivity contribution is 9.09. The number of alkyl halides is 1. The summed E-state index contributed by atoms with van der Waals surface area (Å²) in [5.41, 5.74) is 6.42. The number of nitrogens with zero attached hydrogens (tertiary/aromatic N) is 4. The maximum atomic E-state index is 14.1. The van der Waals surface area contributed by atoms with Gasteiger partial charge in [0.2, 0.25) is 0 Å². The van der Waals surface area contributed by atoms with Crippen LogP contribution in [0.4, 0.5) is 11.4 Å². The van der Waals surface area contributed by atoms with E-state index in [4.69, 9.17) is 4.84 Å². The molecule has 0 spiro atoms. The van der Waals surface area contributed by atoms with Crippen molar-refractivity contribution in [3.63, 3.8) is 0 Å². The Morgan fingerprint density at radius 1 is 0.974 bits per heavy atom. The minimum Gasteiger partial charge on any atom is -0.405 e. The van der Waals surface area contributed by atoms with E-state index < -0.39 is 0 Å². The quantitative estimate of drug-likeness (QED) is 0.348. The van der Waals surface area contributed by atoms with Crippen LogP contribution in [0.5, 0.6) is 5.75 Å². The van der Waals surface area contributed by atoms with E-state index in [1.807, 2.05) is 9.96 Å². The molecule has 3 aromatic carbocycles. The molecule has 0 saturated carbocycles. The van der Waals surface area contributed by atoms with Gasteiger partial charge in [0.1, 0.15) is 5.69 Å². The number of hydrogen-bond acceptors (Lipinski definition) is 5. The number of piperazine rings is 1. The Bertz CT molecular complexity index is 1560. The number of nitrogens with one attached hydrogen (secondary N) is 1. The van der Waals surface area contributed by atoms with Crippen molar-refractivity contribution in [2.75, 3.05) is 68.5 Å². The fourth-order valence-corrected chi connectivity index (χ4v) is 6.89. The average Bonchev–Trinajstić information content (AvgIpc) is 3.64. The summed E-state index contributed by atoms with van der Waals surface area (Å²) in [7, 11) is 4.27. The van der Waals surface area contributed by atoms with E-state index in [2.05, 4.69) is 93.3 Å². The van der Waals surface area contributed by atoms with Crippen LogP contribution in [-0.2, 0) is 6.42 Å². The summed E-state index contributed by atoms with van der Waals surface area (Å²) >= 11 is 3.74. The molecule has 1 saturated heterocycles. The van der Waals surface area contributed by atoms with Crippen LogP contribution >= 0.6 is 15.9 Å². The van der Waals surface area contributed by atoms with Crippen LogP contribution in [0.1, 0.15) is 27.5 Å². The molecule has 1 amide bonds. The van der Waals surface area contributed by atoms with Gasteiger partial charge in [0, 0.05) is 85.6 Å². The highest BCUT2D eigenvalue weighted by atomic mass is 79.9. The maximum Gasteiger partial charge on any atom is 0.274 e. The van der Waals surface area contributed by atoms with Gasteiger partial charge in [-0.2, -0.15) is 0 Å². The number of hydroxylamine groups is 2. The van der Waals surface area contributed by atoms with Crippen LogP contribution in [0, 0.1) is 0 Å². The molecule has 4 aromatic rings. The standard InChI is InChI=1S/C30H32BrN5O2/c1-33-11-13-35(14-12-33)38-28-16-27-29(22-6-4-3-5-21(22)28)19(17-31)18-36(27)30(37)25-15-23-20-9-10-34(2)26(20)8-7-24(23)32-25/h3-8,15-16,19,32H,9-14,17-18H2,1-2H3/t19-/m1/s1. The predicted octanol–water partition coefficient (Wildman–Crippen LogP) is 4.99. The van der Waals surface area contributed by atoms with E-state index in [0.29, 0.717) is 12.2 Å². The van der Waals surface area contributed by atoms with E-state index >= 15 is 0 Å². The molecule has 4 heterocycles. The minimum atomic E-state index is 0.00632. The van der Waals surface area contributed by atoms with E-state index in [-0.39, 0.29) is 11.8 Å². The van der Waals surface area contributed by atoms with Crippen molar-refractivity contribution in [3.05, 3.63) is 65.4 Å². The summed E-state index contributed by atoms with van der Waals surface area (Å²) in [6.07, 6.45) is 1.01. The topological polar surface area (TPSA) is 55.1 Å². The number of fused-ring (bicyclic) bond motifs is 6. The number of hydrogen-bond donors (Lipinski definition) is 1. The molecular weight excluding hydrogens is 542 g/mol. The molecule has 8 heteroatoms. The van der Waals surface area contributed by atoms with Crippen LogP contribution in [0.2, 0.25) is 0 Å². The number of aromatic nitrogens is 1. The number of H-pyrrole nitrogens is 1. The molecule has 3 aliphatic heterocycles. The van der Waals surface area contributed by atoms with Crippen LogP contribution in [0.3, 0.4) is 0 Å². The van der Waals surface area contributed by atoms with Gasteiger partial charge in [0.15, 0.2) is 5.75 Å². The SMILES string of the molecule is CN1CCN(Oc2cc3c(c4ccccc24)[C@H](CBr)CN3C(=O)c2cc3c4c(ccc3[nH]2)N(C)CC4)CC1. The number of likely N-dealkylation sites (N-methyl/N-ethyl adjacent to an activating group) is 2. The summed E-state index contributed by atoms with van der Waals surface area (Å²) in [5.74, 6) is 1.03. The Labute approximate surface area is 231 Å². The summed E-state index contributed by atoms with van der Waals surface area (Å²) in [4.78, 5) is 30.6. The van der Waals surface area contributed by atoms with Crippen molar-refractivity contribution in [3.8, 4) is 5.75 Å². The van der Waals surface area contributed by atoms with Gasteiger partial charge >= 0.3 is 0 Å². The first kappa shape index (κ1) is 24.0. The van der Waals surface area contributed by atoms with Crippen molar-refractivity contribution in [2.24, 2.45) is 0 Å². The van der Waals surface area contributed by atoms with Gasteiger partial charge < -0.3 is 24.5 Å². The average molecular weight is 575 g/mol. The predicted molar refractivity (Wildman–Crippen MR) is 157 cm³/mol. The molecule has 0 aliphatic carbocycles. The number of aromatic amines is 1.